The third kappa shape index (κ3) is 6.78. The van der Waals surface area contributed by atoms with Crippen LogP contribution >= 0.6 is 11.6 Å². The van der Waals surface area contributed by atoms with Crippen molar-refractivity contribution in [3.8, 4) is 17.5 Å². The summed E-state index contributed by atoms with van der Waals surface area (Å²) < 4.78 is 12.5. The molecule has 2 N–H and O–H groups in total. The number of halogens is 1. The molecular formula is C26H29ClN6O4. The Hall–Kier alpha value is -3.62. The first-order valence-corrected chi connectivity index (χ1v) is 12.4. The van der Waals surface area contributed by atoms with Gasteiger partial charge < -0.3 is 19.5 Å². The quantitative estimate of drug-likeness (QED) is 0.409. The van der Waals surface area contributed by atoms with E-state index in [1.165, 1.54) is 6.20 Å². The molecule has 4 rings (SSSR count). The fourth-order valence-corrected chi connectivity index (χ4v) is 4.26. The summed E-state index contributed by atoms with van der Waals surface area (Å²) >= 11 is 5.95. The van der Waals surface area contributed by atoms with E-state index in [0.29, 0.717) is 40.9 Å². The third-order valence-electron chi connectivity index (χ3n) is 6.10. The third-order valence-corrected chi connectivity index (χ3v) is 6.35. The first kappa shape index (κ1) is 26.4. The normalized spacial score (nSPS) is 13.8. The second kappa shape index (κ2) is 12.6. The van der Waals surface area contributed by atoms with E-state index in [0.717, 1.165) is 44.1 Å². The number of nitrogens with zero attached hydrogens (tertiary/aromatic N) is 5. The van der Waals surface area contributed by atoms with Crippen molar-refractivity contribution in [2.45, 2.75) is 6.92 Å². The second-order valence-corrected chi connectivity index (χ2v) is 8.94. The van der Waals surface area contributed by atoms with E-state index in [2.05, 4.69) is 26.3 Å². The second-order valence-electron chi connectivity index (χ2n) is 8.51. The van der Waals surface area contributed by atoms with Crippen LogP contribution in [-0.2, 0) is 4.74 Å². The Morgan fingerprint density at radius 1 is 1.16 bits per heavy atom. The van der Waals surface area contributed by atoms with E-state index < -0.39 is 6.09 Å². The van der Waals surface area contributed by atoms with Crippen molar-refractivity contribution in [3.05, 3.63) is 64.9 Å². The Labute approximate surface area is 220 Å². The number of aromatic nitrogens is 2. The average molecular weight is 525 g/mol. The number of carbonyl (C=O) groups excluding carboxylic acids is 1. The van der Waals surface area contributed by atoms with Crippen LogP contribution < -0.4 is 15.0 Å². The molecule has 1 aliphatic rings. The zero-order valence-corrected chi connectivity index (χ0v) is 21.3. The molecule has 1 amide bonds. The topological polar surface area (TPSA) is 116 Å². The molecule has 0 bridgehead atoms. The minimum Gasteiger partial charge on any atom is -0.406 e. The van der Waals surface area contributed by atoms with Gasteiger partial charge in [-0.05, 0) is 49.4 Å². The summed E-state index contributed by atoms with van der Waals surface area (Å²) in [6.07, 6.45) is 0.804. The van der Waals surface area contributed by atoms with Gasteiger partial charge in [-0.15, -0.1) is 0 Å². The van der Waals surface area contributed by atoms with Gasteiger partial charge in [0.05, 0.1) is 48.6 Å². The number of aliphatic hydroxyl groups is 1. The summed E-state index contributed by atoms with van der Waals surface area (Å²) in [5.41, 5.74) is 3.22. The zero-order valence-electron chi connectivity index (χ0n) is 20.6. The minimum absolute atomic E-state index is 0.0297. The molecule has 0 aliphatic carbocycles. The van der Waals surface area contributed by atoms with Crippen molar-refractivity contribution < 1.29 is 19.4 Å². The highest BCUT2D eigenvalue weighted by Gasteiger charge is 2.20. The summed E-state index contributed by atoms with van der Waals surface area (Å²) in [7, 11) is 0. The van der Waals surface area contributed by atoms with Crippen molar-refractivity contribution in [1.82, 2.24) is 14.7 Å². The minimum atomic E-state index is -0.674. The molecule has 0 unspecified atom stereocenters. The van der Waals surface area contributed by atoms with Gasteiger partial charge >= 0.3 is 6.09 Å². The number of hydrogen-bond donors (Lipinski definition) is 2. The van der Waals surface area contributed by atoms with Crippen LogP contribution in [0, 0.1) is 18.3 Å². The molecule has 1 aromatic heterocycles. The molecule has 37 heavy (non-hydrogen) atoms. The number of carbonyl (C=O) groups is 1. The maximum Gasteiger partial charge on any atom is 0.417 e. The highest BCUT2D eigenvalue weighted by molar-refractivity contribution is 6.30. The van der Waals surface area contributed by atoms with E-state index >= 15 is 0 Å². The van der Waals surface area contributed by atoms with Crippen molar-refractivity contribution in [1.29, 1.82) is 5.26 Å². The lowest BCUT2D eigenvalue weighted by atomic mass is 10.1. The SMILES string of the molecule is Cc1c(OC(=O)Nc2ccc(N3CCN(CCOCCO)CC3)c(C#N)c2)cnn1-c1ccc(Cl)cc1. The molecule has 2 heterocycles. The number of benzene rings is 2. The van der Waals surface area contributed by atoms with Gasteiger partial charge in [0.2, 0.25) is 0 Å². The number of amides is 1. The Morgan fingerprint density at radius 3 is 2.62 bits per heavy atom. The van der Waals surface area contributed by atoms with Gasteiger partial charge in [-0.1, -0.05) is 11.6 Å². The molecule has 0 spiro atoms. The fraction of sp³-hybridized carbons (Fsp3) is 0.346. The fourth-order valence-electron chi connectivity index (χ4n) is 4.13. The van der Waals surface area contributed by atoms with Gasteiger partial charge in [0.25, 0.3) is 0 Å². The molecule has 10 nitrogen and oxygen atoms in total. The molecule has 1 aliphatic heterocycles. The van der Waals surface area contributed by atoms with Gasteiger partial charge in [0.15, 0.2) is 5.75 Å². The van der Waals surface area contributed by atoms with Crippen molar-refractivity contribution in [2.75, 3.05) is 62.8 Å². The predicted molar refractivity (Wildman–Crippen MR) is 141 cm³/mol. The molecule has 3 aromatic rings. The van der Waals surface area contributed by atoms with Gasteiger partial charge in [-0.25, -0.2) is 9.48 Å². The van der Waals surface area contributed by atoms with Crippen LogP contribution in [0.15, 0.2) is 48.7 Å². The van der Waals surface area contributed by atoms with E-state index in [-0.39, 0.29) is 6.61 Å². The molecule has 1 fully saturated rings. The van der Waals surface area contributed by atoms with Gasteiger partial charge in [0, 0.05) is 43.4 Å². The van der Waals surface area contributed by atoms with Crippen LogP contribution in [0.4, 0.5) is 16.2 Å². The van der Waals surface area contributed by atoms with Gasteiger partial charge in [0.1, 0.15) is 6.07 Å². The molecule has 1 saturated heterocycles. The van der Waals surface area contributed by atoms with Gasteiger partial charge in [-0.3, -0.25) is 10.2 Å². The standard InChI is InChI=1S/C26H29ClN6O4/c1-19-25(18-29-33(19)23-5-2-21(27)3-6-23)37-26(35)30-22-4-7-24(20(16-22)17-28)32-10-8-31(9-11-32)12-14-36-15-13-34/h2-7,16,18,34H,8-15H2,1H3,(H,30,35). The average Bonchev–Trinajstić information content (AvgIpc) is 3.27. The monoisotopic (exact) mass is 524 g/mol. The Kier molecular flexibility index (Phi) is 8.98. The number of rotatable bonds is 9. The van der Waals surface area contributed by atoms with E-state index in [9.17, 15) is 10.1 Å². The lowest BCUT2D eigenvalue weighted by molar-refractivity contribution is 0.0724. The summed E-state index contributed by atoms with van der Waals surface area (Å²) in [6.45, 7) is 6.83. The lowest BCUT2D eigenvalue weighted by Gasteiger charge is -2.36. The molecule has 194 valence electrons. The summed E-state index contributed by atoms with van der Waals surface area (Å²) in [5.74, 6) is 0.323. The molecule has 0 saturated carbocycles. The highest BCUT2D eigenvalue weighted by Crippen LogP contribution is 2.26. The number of anilines is 2. The number of hydrogen-bond acceptors (Lipinski definition) is 8. The Morgan fingerprint density at radius 2 is 1.92 bits per heavy atom. The smallest absolute Gasteiger partial charge is 0.406 e. The number of piperazine rings is 1. The van der Waals surface area contributed by atoms with Crippen molar-refractivity contribution >= 4 is 29.1 Å². The van der Waals surface area contributed by atoms with Crippen LogP contribution in [-0.4, -0.2) is 78.4 Å². The number of nitrogens with one attached hydrogen (secondary N) is 1. The number of nitriles is 1. The van der Waals surface area contributed by atoms with Crippen molar-refractivity contribution in [3.63, 3.8) is 0 Å². The Balaban J connectivity index is 1.34. The first-order valence-electron chi connectivity index (χ1n) is 12.0. The zero-order chi connectivity index (χ0) is 26.2. The summed E-state index contributed by atoms with van der Waals surface area (Å²) in [6, 6.07) is 14.7. The van der Waals surface area contributed by atoms with E-state index in [1.807, 2.05) is 18.2 Å². The predicted octanol–water partition coefficient (Wildman–Crippen LogP) is 3.45. The Bertz CT molecular complexity index is 1250. The van der Waals surface area contributed by atoms with Crippen LogP contribution in [0.2, 0.25) is 5.02 Å². The first-order chi connectivity index (χ1) is 18.0. The molecule has 0 radical (unpaired) electrons. The van der Waals surface area contributed by atoms with E-state index in [4.69, 9.17) is 26.2 Å². The summed E-state index contributed by atoms with van der Waals surface area (Å²) in [4.78, 5) is 17.0. The molecule has 2 aromatic carbocycles. The summed E-state index contributed by atoms with van der Waals surface area (Å²) in [5, 5.41) is 26.1. The van der Waals surface area contributed by atoms with Crippen LogP contribution in [0.1, 0.15) is 11.3 Å². The highest BCUT2D eigenvalue weighted by atomic mass is 35.5. The van der Waals surface area contributed by atoms with Crippen LogP contribution in [0.3, 0.4) is 0 Å². The maximum absolute atomic E-state index is 12.6. The number of ether oxygens (including phenoxy) is 2. The van der Waals surface area contributed by atoms with E-state index in [1.54, 1.807) is 35.9 Å². The van der Waals surface area contributed by atoms with Crippen molar-refractivity contribution in [2.24, 2.45) is 0 Å². The van der Waals surface area contributed by atoms with Gasteiger partial charge in [-0.2, -0.15) is 10.4 Å². The molecule has 11 heteroatoms. The molecule has 0 atom stereocenters. The lowest BCUT2D eigenvalue weighted by Crippen LogP contribution is -2.47. The maximum atomic E-state index is 12.6. The van der Waals surface area contributed by atoms with Crippen LogP contribution in [0.25, 0.3) is 5.69 Å². The number of aliphatic hydroxyl groups excluding tert-OH is 1. The van der Waals surface area contributed by atoms with Crippen LogP contribution in [0.5, 0.6) is 5.75 Å². The molecular weight excluding hydrogens is 496 g/mol. The largest absolute Gasteiger partial charge is 0.417 e.